The van der Waals surface area contributed by atoms with E-state index in [2.05, 4.69) is 38.1 Å². The number of hydrogen-bond acceptors (Lipinski definition) is 2. The highest BCUT2D eigenvalue weighted by atomic mass is 15.5. The van der Waals surface area contributed by atoms with Crippen molar-refractivity contribution < 1.29 is 0 Å². The van der Waals surface area contributed by atoms with Crippen LogP contribution in [-0.2, 0) is 0 Å². The van der Waals surface area contributed by atoms with Crippen molar-refractivity contribution in [1.29, 1.82) is 0 Å². The van der Waals surface area contributed by atoms with Gasteiger partial charge in [-0.15, -0.1) is 0 Å². The minimum Gasteiger partial charge on any atom is -0.258 e. The normalized spacial score (nSPS) is 14.5. The fourth-order valence-electron chi connectivity index (χ4n) is 0.937. The van der Waals surface area contributed by atoms with Gasteiger partial charge in [0.1, 0.15) is 0 Å². The average molecular weight is 158 g/mol. The zero-order valence-corrected chi connectivity index (χ0v) is 8.52. The largest absolute Gasteiger partial charge is 0.258 e. The van der Waals surface area contributed by atoms with Crippen LogP contribution in [0.4, 0.5) is 0 Å². The average Bonchev–Trinajstić information content (AvgIpc) is 1.99. The van der Waals surface area contributed by atoms with E-state index in [9.17, 15) is 0 Å². The summed E-state index contributed by atoms with van der Waals surface area (Å²) in [6.45, 7) is 11.2. The minimum absolute atomic E-state index is 0.766. The summed E-state index contributed by atoms with van der Waals surface area (Å²) < 4.78 is 0. The van der Waals surface area contributed by atoms with Gasteiger partial charge in [0.25, 0.3) is 0 Å². The number of rotatable bonds is 5. The Bertz CT molecular complexity index is 87.6. The molecule has 0 saturated heterocycles. The molecule has 0 rings (SSSR count). The Hall–Kier alpha value is -0.0800. The molecule has 68 valence electrons. The second kappa shape index (κ2) is 5.56. The van der Waals surface area contributed by atoms with E-state index in [1.165, 1.54) is 0 Å². The molecule has 0 aromatic rings. The lowest BCUT2D eigenvalue weighted by molar-refractivity contribution is 0.169. The van der Waals surface area contributed by atoms with Gasteiger partial charge in [-0.3, -0.25) is 5.43 Å². The van der Waals surface area contributed by atoms with Gasteiger partial charge in [0.2, 0.25) is 0 Å². The quantitative estimate of drug-likeness (QED) is 0.613. The lowest BCUT2D eigenvalue weighted by Crippen LogP contribution is -2.39. The molecule has 0 aromatic heterocycles. The van der Waals surface area contributed by atoms with E-state index in [1.54, 1.807) is 0 Å². The standard InChI is InChI=1S/C9H22N2/c1-6-11(10-5)7-9(4)8(2)3/h8-10H,6-7H2,1-5H3. The second-order valence-electron chi connectivity index (χ2n) is 3.48. The number of hydrogen-bond donors (Lipinski definition) is 1. The summed E-state index contributed by atoms with van der Waals surface area (Å²) in [6, 6.07) is 0. The monoisotopic (exact) mass is 158 g/mol. The molecule has 2 heteroatoms. The number of hydrazine groups is 1. The maximum Gasteiger partial charge on any atom is 0.0158 e. The van der Waals surface area contributed by atoms with Gasteiger partial charge in [-0.25, -0.2) is 5.01 Å². The third kappa shape index (κ3) is 4.38. The number of nitrogens with zero attached hydrogens (tertiary/aromatic N) is 1. The van der Waals surface area contributed by atoms with E-state index in [-0.39, 0.29) is 0 Å². The fraction of sp³-hybridized carbons (Fsp3) is 1.00. The molecule has 1 atom stereocenters. The van der Waals surface area contributed by atoms with Crippen molar-refractivity contribution in [3.8, 4) is 0 Å². The van der Waals surface area contributed by atoms with E-state index in [4.69, 9.17) is 0 Å². The summed E-state index contributed by atoms with van der Waals surface area (Å²) in [5.41, 5.74) is 3.17. The molecule has 0 heterocycles. The third-order valence-electron chi connectivity index (χ3n) is 2.34. The Morgan fingerprint density at radius 2 is 1.82 bits per heavy atom. The predicted molar refractivity (Wildman–Crippen MR) is 50.3 cm³/mol. The summed E-state index contributed by atoms with van der Waals surface area (Å²) in [5, 5.41) is 2.24. The van der Waals surface area contributed by atoms with Crippen LogP contribution in [0.3, 0.4) is 0 Å². The van der Waals surface area contributed by atoms with Gasteiger partial charge in [0.15, 0.2) is 0 Å². The molecule has 0 aliphatic carbocycles. The van der Waals surface area contributed by atoms with Crippen LogP contribution >= 0.6 is 0 Å². The van der Waals surface area contributed by atoms with E-state index in [1.807, 2.05) is 7.05 Å². The van der Waals surface area contributed by atoms with E-state index < -0.39 is 0 Å². The van der Waals surface area contributed by atoms with Gasteiger partial charge >= 0.3 is 0 Å². The molecule has 0 saturated carbocycles. The first kappa shape index (κ1) is 10.9. The molecule has 0 fully saturated rings. The minimum atomic E-state index is 0.766. The zero-order chi connectivity index (χ0) is 8.85. The highest BCUT2D eigenvalue weighted by Crippen LogP contribution is 2.09. The summed E-state index contributed by atoms with van der Waals surface area (Å²) >= 11 is 0. The fourth-order valence-corrected chi connectivity index (χ4v) is 0.937. The van der Waals surface area contributed by atoms with Crippen LogP contribution < -0.4 is 5.43 Å². The summed E-state index contributed by atoms with van der Waals surface area (Å²) in [5.74, 6) is 1.54. The molecule has 0 radical (unpaired) electrons. The van der Waals surface area contributed by atoms with Crippen LogP contribution in [0.5, 0.6) is 0 Å². The van der Waals surface area contributed by atoms with Crippen LogP contribution in [-0.4, -0.2) is 25.1 Å². The molecule has 0 spiro atoms. The maximum atomic E-state index is 3.17. The second-order valence-corrected chi connectivity index (χ2v) is 3.48. The summed E-state index contributed by atoms with van der Waals surface area (Å²) in [6.07, 6.45) is 0. The molecule has 1 unspecified atom stereocenters. The van der Waals surface area contributed by atoms with E-state index in [0.29, 0.717) is 0 Å². The summed E-state index contributed by atoms with van der Waals surface area (Å²) in [4.78, 5) is 0. The molecule has 11 heavy (non-hydrogen) atoms. The van der Waals surface area contributed by atoms with Crippen LogP contribution in [0.15, 0.2) is 0 Å². The summed E-state index contributed by atoms with van der Waals surface area (Å²) in [7, 11) is 1.98. The van der Waals surface area contributed by atoms with Crippen molar-refractivity contribution in [2.24, 2.45) is 11.8 Å². The Morgan fingerprint density at radius 3 is 2.09 bits per heavy atom. The molecule has 0 amide bonds. The van der Waals surface area contributed by atoms with Crippen LogP contribution in [0.25, 0.3) is 0 Å². The highest BCUT2D eigenvalue weighted by Gasteiger charge is 2.09. The van der Waals surface area contributed by atoms with Gasteiger partial charge in [-0.2, -0.15) is 0 Å². The molecule has 0 bridgehead atoms. The smallest absolute Gasteiger partial charge is 0.0158 e. The lowest BCUT2D eigenvalue weighted by Gasteiger charge is -2.25. The zero-order valence-electron chi connectivity index (χ0n) is 8.52. The molecular formula is C9H22N2. The van der Waals surface area contributed by atoms with Gasteiger partial charge in [-0.1, -0.05) is 27.7 Å². The molecule has 0 aliphatic rings. The van der Waals surface area contributed by atoms with Gasteiger partial charge < -0.3 is 0 Å². The Kier molecular flexibility index (Phi) is 5.51. The van der Waals surface area contributed by atoms with E-state index >= 15 is 0 Å². The molecule has 0 aromatic carbocycles. The van der Waals surface area contributed by atoms with Crippen molar-refractivity contribution in [2.75, 3.05) is 20.1 Å². The molecule has 0 aliphatic heterocycles. The van der Waals surface area contributed by atoms with Gasteiger partial charge in [0, 0.05) is 13.1 Å². The SMILES string of the molecule is CCN(CC(C)C(C)C)NC. The van der Waals surface area contributed by atoms with Crippen LogP contribution in [0.1, 0.15) is 27.7 Å². The highest BCUT2D eigenvalue weighted by molar-refractivity contribution is 4.60. The van der Waals surface area contributed by atoms with Gasteiger partial charge in [-0.05, 0) is 18.9 Å². The van der Waals surface area contributed by atoms with Crippen LogP contribution in [0, 0.1) is 11.8 Å². The van der Waals surface area contributed by atoms with Crippen molar-refractivity contribution in [3.63, 3.8) is 0 Å². The van der Waals surface area contributed by atoms with Crippen LogP contribution in [0.2, 0.25) is 0 Å². The molecule has 2 nitrogen and oxygen atoms in total. The van der Waals surface area contributed by atoms with Crippen molar-refractivity contribution in [3.05, 3.63) is 0 Å². The first-order valence-electron chi connectivity index (χ1n) is 4.54. The topological polar surface area (TPSA) is 15.3 Å². The Morgan fingerprint density at radius 1 is 1.27 bits per heavy atom. The Balaban J connectivity index is 3.62. The maximum absolute atomic E-state index is 3.17. The van der Waals surface area contributed by atoms with E-state index in [0.717, 1.165) is 24.9 Å². The van der Waals surface area contributed by atoms with Gasteiger partial charge in [0.05, 0.1) is 0 Å². The lowest BCUT2D eigenvalue weighted by atomic mass is 9.98. The first-order chi connectivity index (χ1) is 5.11. The van der Waals surface area contributed by atoms with Crippen molar-refractivity contribution in [2.45, 2.75) is 27.7 Å². The predicted octanol–water partition coefficient (Wildman–Crippen LogP) is 1.73. The molecule has 1 N–H and O–H groups in total. The first-order valence-corrected chi connectivity index (χ1v) is 4.54. The van der Waals surface area contributed by atoms with Crippen molar-refractivity contribution >= 4 is 0 Å². The Labute approximate surface area is 70.9 Å². The molecular weight excluding hydrogens is 136 g/mol. The van der Waals surface area contributed by atoms with Crippen molar-refractivity contribution in [1.82, 2.24) is 10.4 Å². The number of nitrogens with one attached hydrogen (secondary N) is 1. The third-order valence-corrected chi connectivity index (χ3v) is 2.34.